The lowest BCUT2D eigenvalue weighted by Gasteiger charge is -2.16. The van der Waals surface area contributed by atoms with Crippen LogP contribution in [-0.2, 0) is 6.54 Å². The van der Waals surface area contributed by atoms with Crippen molar-refractivity contribution in [1.82, 2.24) is 10.3 Å². The Balaban J connectivity index is 2.47. The minimum Gasteiger partial charge on any atom is -0.375 e. The highest BCUT2D eigenvalue weighted by Crippen LogP contribution is 2.06. The predicted octanol–water partition coefficient (Wildman–Crippen LogP) is 2.09. The Kier molecular flexibility index (Phi) is 7.07. The lowest BCUT2D eigenvalue weighted by molar-refractivity contribution is 0.321. The molecule has 0 radical (unpaired) electrons. The molecule has 19 heavy (non-hydrogen) atoms. The van der Waals surface area contributed by atoms with Gasteiger partial charge >= 0.3 is 0 Å². The number of hydrogen-bond acceptors (Lipinski definition) is 3. The zero-order valence-corrected chi connectivity index (χ0v) is 12.4. The first kappa shape index (κ1) is 15.6. The van der Waals surface area contributed by atoms with Crippen LogP contribution in [0.2, 0.25) is 0 Å². The van der Waals surface area contributed by atoms with E-state index in [1.807, 2.05) is 12.1 Å². The van der Waals surface area contributed by atoms with Crippen molar-refractivity contribution >= 4 is 23.5 Å². The fourth-order valence-electron chi connectivity index (χ4n) is 1.70. The van der Waals surface area contributed by atoms with Crippen LogP contribution in [0.1, 0.15) is 30.9 Å². The molecule has 0 amide bonds. The summed E-state index contributed by atoms with van der Waals surface area (Å²) < 4.78 is 0. The molecule has 0 atom stereocenters. The SMILES string of the molecule is CCCCN(C)Cc1ccc(C=NNC(N)=S)cc1. The van der Waals surface area contributed by atoms with Gasteiger partial charge in [-0.2, -0.15) is 5.10 Å². The van der Waals surface area contributed by atoms with E-state index in [1.54, 1.807) is 6.21 Å². The summed E-state index contributed by atoms with van der Waals surface area (Å²) in [6.07, 6.45) is 4.17. The Morgan fingerprint density at radius 1 is 1.42 bits per heavy atom. The fraction of sp³-hybridized carbons (Fsp3) is 0.429. The molecule has 0 aromatic heterocycles. The summed E-state index contributed by atoms with van der Waals surface area (Å²) in [6, 6.07) is 8.30. The van der Waals surface area contributed by atoms with Crippen LogP contribution in [0.3, 0.4) is 0 Å². The molecule has 0 fully saturated rings. The van der Waals surface area contributed by atoms with E-state index >= 15 is 0 Å². The van der Waals surface area contributed by atoms with Gasteiger partial charge < -0.3 is 10.6 Å². The molecule has 0 aliphatic heterocycles. The topological polar surface area (TPSA) is 53.6 Å². The molecule has 0 aliphatic carbocycles. The average molecular weight is 278 g/mol. The first-order valence-electron chi connectivity index (χ1n) is 6.47. The molecule has 1 aromatic carbocycles. The first-order chi connectivity index (χ1) is 9.11. The standard InChI is InChI=1S/C14H22N4S/c1-3-4-9-18(2)11-13-7-5-12(6-8-13)10-16-17-14(15)19/h5-8,10H,3-4,9,11H2,1-2H3,(H3,15,17,19). The summed E-state index contributed by atoms with van der Waals surface area (Å²) >= 11 is 4.66. The zero-order valence-electron chi connectivity index (χ0n) is 11.6. The molecule has 0 aliphatic rings. The van der Waals surface area contributed by atoms with E-state index in [9.17, 15) is 0 Å². The third-order valence-corrected chi connectivity index (χ3v) is 2.81. The maximum absolute atomic E-state index is 5.28. The molecule has 0 heterocycles. The highest BCUT2D eigenvalue weighted by molar-refractivity contribution is 7.80. The fourth-order valence-corrected chi connectivity index (χ4v) is 1.75. The number of nitrogens with one attached hydrogen (secondary N) is 1. The molecule has 4 nitrogen and oxygen atoms in total. The van der Waals surface area contributed by atoms with Gasteiger partial charge in [-0.25, -0.2) is 0 Å². The summed E-state index contributed by atoms with van der Waals surface area (Å²) in [5.41, 5.74) is 10.1. The molecular formula is C14H22N4S. The van der Waals surface area contributed by atoms with Crippen molar-refractivity contribution in [2.75, 3.05) is 13.6 Å². The third kappa shape index (κ3) is 6.88. The van der Waals surface area contributed by atoms with Crippen molar-refractivity contribution in [2.24, 2.45) is 10.8 Å². The van der Waals surface area contributed by atoms with Crippen LogP contribution in [-0.4, -0.2) is 29.8 Å². The number of unbranched alkanes of at least 4 members (excludes halogenated alkanes) is 1. The zero-order chi connectivity index (χ0) is 14.1. The van der Waals surface area contributed by atoms with Crippen LogP contribution >= 0.6 is 12.2 Å². The first-order valence-corrected chi connectivity index (χ1v) is 6.88. The molecule has 0 saturated carbocycles. The molecule has 1 rings (SSSR count). The smallest absolute Gasteiger partial charge is 0.184 e. The van der Waals surface area contributed by atoms with E-state index in [0.29, 0.717) is 0 Å². The van der Waals surface area contributed by atoms with E-state index in [4.69, 9.17) is 5.73 Å². The second-order valence-corrected chi connectivity index (χ2v) is 5.01. The molecule has 3 N–H and O–H groups in total. The van der Waals surface area contributed by atoms with Crippen molar-refractivity contribution in [1.29, 1.82) is 0 Å². The average Bonchev–Trinajstić information content (AvgIpc) is 2.38. The maximum atomic E-state index is 5.28. The van der Waals surface area contributed by atoms with Gasteiger partial charge in [0.1, 0.15) is 0 Å². The van der Waals surface area contributed by atoms with E-state index in [1.165, 1.54) is 18.4 Å². The number of hydrazone groups is 1. The normalized spacial score (nSPS) is 11.1. The van der Waals surface area contributed by atoms with Gasteiger partial charge in [-0.05, 0) is 43.4 Å². The minimum atomic E-state index is 0.172. The van der Waals surface area contributed by atoms with Gasteiger partial charge in [-0.3, -0.25) is 5.43 Å². The van der Waals surface area contributed by atoms with Crippen molar-refractivity contribution < 1.29 is 0 Å². The van der Waals surface area contributed by atoms with E-state index in [0.717, 1.165) is 18.7 Å². The molecule has 104 valence electrons. The lowest BCUT2D eigenvalue weighted by atomic mass is 10.1. The second kappa shape index (κ2) is 8.61. The van der Waals surface area contributed by atoms with Gasteiger partial charge in [-0.15, -0.1) is 0 Å². The summed E-state index contributed by atoms with van der Waals surface area (Å²) in [6.45, 7) is 4.32. The van der Waals surface area contributed by atoms with Gasteiger partial charge in [0.25, 0.3) is 0 Å². The Morgan fingerprint density at radius 2 is 2.11 bits per heavy atom. The number of rotatable bonds is 7. The largest absolute Gasteiger partial charge is 0.375 e. The molecule has 5 heteroatoms. The van der Waals surface area contributed by atoms with Gasteiger partial charge in [0.15, 0.2) is 5.11 Å². The summed E-state index contributed by atoms with van der Waals surface area (Å²) in [7, 11) is 2.15. The molecule has 0 unspecified atom stereocenters. The van der Waals surface area contributed by atoms with Crippen molar-refractivity contribution in [3.63, 3.8) is 0 Å². The quantitative estimate of drug-likeness (QED) is 0.455. The van der Waals surface area contributed by atoms with Gasteiger partial charge in [0.05, 0.1) is 6.21 Å². The van der Waals surface area contributed by atoms with Crippen molar-refractivity contribution in [3.05, 3.63) is 35.4 Å². The van der Waals surface area contributed by atoms with Crippen LogP contribution in [0.5, 0.6) is 0 Å². The number of nitrogens with two attached hydrogens (primary N) is 1. The summed E-state index contributed by atoms with van der Waals surface area (Å²) in [5.74, 6) is 0. The van der Waals surface area contributed by atoms with Gasteiger partial charge in [0.2, 0.25) is 0 Å². The van der Waals surface area contributed by atoms with E-state index in [2.05, 4.69) is 53.7 Å². The van der Waals surface area contributed by atoms with Crippen LogP contribution in [0.25, 0.3) is 0 Å². The Labute approximate surface area is 120 Å². The number of nitrogens with zero attached hydrogens (tertiary/aromatic N) is 2. The number of hydrogen-bond donors (Lipinski definition) is 2. The van der Waals surface area contributed by atoms with Gasteiger partial charge in [0, 0.05) is 6.54 Å². The van der Waals surface area contributed by atoms with Crippen LogP contribution in [0, 0.1) is 0 Å². The molecule has 1 aromatic rings. The van der Waals surface area contributed by atoms with Crippen LogP contribution in [0.15, 0.2) is 29.4 Å². The Morgan fingerprint density at radius 3 is 2.68 bits per heavy atom. The third-order valence-electron chi connectivity index (χ3n) is 2.71. The van der Waals surface area contributed by atoms with Crippen molar-refractivity contribution in [3.8, 4) is 0 Å². The van der Waals surface area contributed by atoms with Crippen LogP contribution < -0.4 is 11.2 Å². The molecule has 0 spiro atoms. The number of benzene rings is 1. The van der Waals surface area contributed by atoms with Crippen molar-refractivity contribution in [2.45, 2.75) is 26.3 Å². The van der Waals surface area contributed by atoms with E-state index in [-0.39, 0.29) is 5.11 Å². The van der Waals surface area contributed by atoms with Gasteiger partial charge in [-0.1, -0.05) is 37.6 Å². The highest BCUT2D eigenvalue weighted by Gasteiger charge is 1.99. The lowest BCUT2D eigenvalue weighted by Crippen LogP contribution is -2.24. The van der Waals surface area contributed by atoms with E-state index < -0.39 is 0 Å². The predicted molar refractivity (Wildman–Crippen MR) is 85.2 cm³/mol. The molecular weight excluding hydrogens is 256 g/mol. The highest BCUT2D eigenvalue weighted by atomic mass is 32.1. The summed E-state index contributed by atoms with van der Waals surface area (Å²) in [5, 5.41) is 4.09. The van der Waals surface area contributed by atoms with Crippen LogP contribution in [0.4, 0.5) is 0 Å². The second-order valence-electron chi connectivity index (χ2n) is 4.57. The monoisotopic (exact) mass is 278 g/mol. The maximum Gasteiger partial charge on any atom is 0.184 e. The Bertz CT molecular complexity index is 414. The minimum absolute atomic E-state index is 0.172. The molecule has 0 saturated heterocycles. The molecule has 0 bridgehead atoms. The number of thiocarbonyl (C=S) groups is 1. The Hall–Kier alpha value is -1.46. The summed E-state index contributed by atoms with van der Waals surface area (Å²) in [4.78, 5) is 2.33.